The number of unbranched alkanes of at least 4 members (excludes halogenated alkanes) is 43. The van der Waals surface area contributed by atoms with E-state index >= 15 is 0 Å². The Morgan fingerprint density at radius 3 is 1.05 bits per heavy atom. The van der Waals surface area contributed by atoms with E-state index in [4.69, 9.17) is 24.3 Å². The van der Waals surface area contributed by atoms with Crippen LogP contribution >= 0.6 is 7.82 Å². The largest absolute Gasteiger partial charge is 0.472 e. The summed E-state index contributed by atoms with van der Waals surface area (Å²) < 4.78 is 33.1. The minimum Gasteiger partial charge on any atom is -0.462 e. The monoisotopic (exact) mass is 1080 g/mol. The number of rotatable bonds is 62. The predicted octanol–water partition coefficient (Wildman–Crippen LogP) is 20.7. The Morgan fingerprint density at radius 1 is 0.400 bits per heavy atom. The first-order valence-corrected chi connectivity index (χ1v) is 34.0. The standard InChI is InChI=1S/C65H124NO8P/c1-3-5-7-9-11-13-15-17-19-21-23-24-25-26-27-28-29-30-31-32-33-34-35-36-37-38-40-41-43-45-47-49-51-53-55-57-64(67)71-61-63(62-73-75(69,70)72-60-59-66)74-65(68)58-56-54-52-50-48-46-44-42-39-22-20-18-16-14-12-10-8-6-4-2/h12,14,18,20,39,42,63H,3-11,13,15-17,19,21-38,40-41,43-62,66H2,1-2H3,(H,69,70)/b14-12-,20-18-,42-39-. The number of phosphoric ester groups is 1. The van der Waals surface area contributed by atoms with Crippen LogP contribution in [0.3, 0.4) is 0 Å². The summed E-state index contributed by atoms with van der Waals surface area (Å²) in [5.74, 6) is -0.827. The number of nitrogens with two attached hydrogens (primary N) is 1. The van der Waals surface area contributed by atoms with Crippen molar-refractivity contribution < 1.29 is 37.6 Å². The van der Waals surface area contributed by atoms with Crippen molar-refractivity contribution in [3.8, 4) is 0 Å². The third kappa shape index (κ3) is 61.3. The highest BCUT2D eigenvalue weighted by Crippen LogP contribution is 2.43. The summed E-state index contributed by atoms with van der Waals surface area (Å²) in [6.07, 6.45) is 75.3. The van der Waals surface area contributed by atoms with Gasteiger partial charge in [0.15, 0.2) is 6.10 Å². The highest BCUT2D eigenvalue weighted by Gasteiger charge is 2.26. The maximum Gasteiger partial charge on any atom is 0.472 e. The second-order valence-electron chi connectivity index (χ2n) is 22.0. The van der Waals surface area contributed by atoms with Gasteiger partial charge in [0.1, 0.15) is 6.61 Å². The molecule has 0 saturated heterocycles. The van der Waals surface area contributed by atoms with Crippen LogP contribution in [0.5, 0.6) is 0 Å². The van der Waals surface area contributed by atoms with E-state index in [1.54, 1.807) is 0 Å². The van der Waals surface area contributed by atoms with Gasteiger partial charge in [0.05, 0.1) is 13.2 Å². The van der Waals surface area contributed by atoms with Crippen molar-refractivity contribution in [2.45, 2.75) is 341 Å². The quantitative estimate of drug-likeness (QED) is 0.0264. The lowest BCUT2D eigenvalue weighted by atomic mass is 10.0. The molecule has 2 atom stereocenters. The minimum atomic E-state index is -4.39. The van der Waals surface area contributed by atoms with E-state index in [0.717, 1.165) is 70.6 Å². The number of carbonyl (C=O) groups is 2. The van der Waals surface area contributed by atoms with Crippen molar-refractivity contribution in [1.29, 1.82) is 0 Å². The van der Waals surface area contributed by atoms with Crippen LogP contribution in [0.25, 0.3) is 0 Å². The molecule has 9 nitrogen and oxygen atoms in total. The first-order chi connectivity index (χ1) is 36.8. The smallest absolute Gasteiger partial charge is 0.462 e. The van der Waals surface area contributed by atoms with Crippen LogP contribution in [0.15, 0.2) is 36.5 Å². The van der Waals surface area contributed by atoms with Gasteiger partial charge in [-0.2, -0.15) is 0 Å². The van der Waals surface area contributed by atoms with E-state index < -0.39 is 26.5 Å². The van der Waals surface area contributed by atoms with Gasteiger partial charge in [-0.3, -0.25) is 18.6 Å². The normalized spacial score (nSPS) is 13.2. The highest BCUT2D eigenvalue weighted by molar-refractivity contribution is 7.47. The number of phosphoric acid groups is 1. The fourth-order valence-electron chi connectivity index (χ4n) is 9.71. The number of esters is 2. The van der Waals surface area contributed by atoms with E-state index in [0.29, 0.717) is 6.42 Å². The molecule has 0 aromatic carbocycles. The number of allylic oxidation sites excluding steroid dienone is 6. The SMILES string of the molecule is CCCCC/C=C\C/C=C\C/C=C\CCCCCCCCC(=O)OC(COC(=O)CCCCCCCCCCCCCCCCCCCCCCCCCCCCCCCCCCCCC)COP(=O)(O)OCCN. The fraction of sp³-hybridized carbons (Fsp3) is 0.877. The van der Waals surface area contributed by atoms with E-state index in [1.165, 1.54) is 231 Å². The molecule has 0 heterocycles. The van der Waals surface area contributed by atoms with E-state index in [2.05, 4.69) is 50.3 Å². The van der Waals surface area contributed by atoms with Gasteiger partial charge in [0.2, 0.25) is 0 Å². The molecule has 0 aliphatic carbocycles. The molecule has 0 aliphatic rings. The van der Waals surface area contributed by atoms with E-state index in [9.17, 15) is 19.0 Å². The molecule has 0 radical (unpaired) electrons. The topological polar surface area (TPSA) is 134 Å². The average Bonchev–Trinajstić information content (AvgIpc) is 3.40. The molecule has 2 unspecified atom stereocenters. The van der Waals surface area contributed by atoms with E-state index in [-0.39, 0.29) is 38.6 Å². The molecule has 3 N–H and O–H groups in total. The van der Waals surface area contributed by atoms with Gasteiger partial charge in [-0.1, -0.05) is 307 Å². The first-order valence-electron chi connectivity index (χ1n) is 32.5. The Labute approximate surface area is 464 Å². The molecule has 75 heavy (non-hydrogen) atoms. The number of carbonyl (C=O) groups excluding carboxylic acids is 2. The Kier molecular flexibility index (Phi) is 60.0. The lowest BCUT2D eigenvalue weighted by Crippen LogP contribution is -2.29. The summed E-state index contributed by atoms with van der Waals surface area (Å²) in [5, 5.41) is 0. The molecule has 0 aromatic heterocycles. The maximum atomic E-state index is 12.7. The van der Waals surface area contributed by atoms with Crippen molar-refractivity contribution in [2.24, 2.45) is 5.73 Å². The Balaban J connectivity index is 3.80. The van der Waals surface area contributed by atoms with Gasteiger partial charge in [-0.05, 0) is 51.4 Å². The molecule has 0 aliphatic heterocycles. The third-order valence-corrected chi connectivity index (χ3v) is 15.5. The van der Waals surface area contributed by atoms with Crippen LogP contribution in [-0.2, 0) is 32.7 Å². The van der Waals surface area contributed by atoms with Gasteiger partial charge < -0.3 is 20.1 Å². The molecule has 0 fully saturated rings. The molecule has 0 saturated carbocycles. The summed E-state index contributed by atoms with van der Waals surface area (Å²) in [6.45, 7) is 3.75. The number of ether oxygens (including phenoxy) is 2. The maximum absolute atomic E-state index is 12.7. The zero-order valence-electron chi connectivity index (χ0n) is 49.6. The molecule has 0 aromatic rings. The number of hydrogen-bond donors (Lipinski definition) is 2. The van der Waals surface area contributed by atoms with Crippen molar-refractivity contribution in [3.63, 3.8) is 0 Å². The molecule has 0 bridgehead atoms. The van der Waals surface area contributed by atoms with Crippen LogP contribution in [0, 0.1) is 0 Å². The first kappa shape index (κ1) is 73.2. The predicted molar refractivity (Wildman–Crippen MR) is 321 cm³/mol. The summed E-state index contributed by atoms with van der Waals surface area (Å²) in [5.41, 5.74) is 5.39. The molecular weight excluding hydrogens is 954 g/mol. The van der Waals surface area contributed by atoms with Gasteiger partial charge in [-0.15, -0.1) is 0 Å². The Morgan fingerprint density at radius 2 is 0.693 bits per heavy atom. The molecule has 10 heteroatoms. The van der Waals surface area contributed by atoms with Crippen LogP contribution < -0.4 is 5.73 Å². The average molecular weight is 1080 g/mol. The van der Waals surface area contributed by atoms with Crippen molar-refractivity contribution in [1.82, 2.24) is 0 Å². The Hall–Kier alpha value is -1.77. The second-order valence-corrected chi connectivity index (χ2v) is 23.4. The number of hydrogen-bond acceptors (Lipinski definition) is 8. The molecule has 442 valence electrons. The van der Waals surface area contributed by atoms with Gasteiger partial charge in [0, 0.05) is 19.4 Å². The van der Waals surface area contributed by atoms with Gasteiger partial charge in [0.25, 0.3) is 0 Å². The third-order valence-electron chi connectivity index (χ3n) is 14.5. The second kappa shape index (κ2) is 61.4. The summed E-state index contributed by atoms with van der Waals surface area (Å²) in [4.78, 5) is 35.2. The van der Waals surface area contributed by atoms with Crippen LogP contribution in [0.4, 0.5) is 0 Å². The Bertz CT molecular complexity index is 1320. The highest BCUT2D eigenvalue weighted by atomic mass is 31.2. The van der Waals surface area contributed by atoms with Crippen molar-refractivity contribution >= 4 is 19.8 Å². The van der Waals surface area contributed by atoms with Crippen LogP contribution in [-0.4, -0.2) is 49.3 Å². The lowest BCUT2D eigenvalue weighted by molar-refractivity contribution is -0.161. The zero-order valence-corrected chi connectivity index (χ0v) is 50.4. The summed E-state index contributed by atoms with van der Waals surface area (Å²) in [7, 11) is -4.39. The molecule has 0 rings (SSSR count). The molecular formula is C65H124NO8P. The molecule has 0 amide bonds. The van der Waals surface area contributed by atoms with Gasteiger partial charge >= 0.3 is 19.8 Å². The van der Waals surface area contributed by atoms with Crippen LogP contribution in [0.1, 0.15) is 335 Å². The molecule has 0 spiro atoms. The lowest BCUT2D eigenvalue weighted by Gasteiger charge is -2.19. The van der Waals surface area contributed by atoms with E-state index in [1.807, 2.05) is 0 Å². The van der Waals surface area contributed by atoms with Crippen molar-refractivity contribution in [3.05, 3.63) is 36.5 Å². The van der Waals surface area contributed by atoms with Crippen molar-refractivity contribution in [2.75, 3.05) is 26.4 Å². The zero-order chi connectivity index (χ0) is 54.5. The van der Waals surface area contributed by atoms with Gasteiger partial charge in [-0.25, -0.2) is 4.57 Å². The summed E-state index contributed by atoms with van der Waals surface area (Å²) in [6, 6.07) is 0. The minimum absolute atomic E-state index is 0.0519. The fourth-order valence-corrected chi connectivity index (χ4v) is 10.5. The van der Waals surface area contributed by atoms with Crippen LogP contribution in [0.2, 0.25) is 0 Å². The summed E-state index contributed by atoms with van der Waals surface area (Å²) >= 11 is 0.